The number of rotatable bonds is 3. The fourth-order valence-electron chi connectivity index (χ4n) is 2.14. The van der Waals surface area contributed by atoms with E-state index in [1.54, 1.807) is 0 Å². The van der Waals surface area contributed by atoms with Crippen LogP contribution in [0.3, 0.4) is 0 Å². The molecule has 18 heavy (non-hydrogen) atoms. The molecule has 1 heteroatoms. The second-order valence-electron chi connectivity index (χ2n) is 4.47. The highest BCUT2D eigenvalue weighted by Gasteiger charge is 2.09. The van der Waals surface area contributed by atoms with Crippen LogP contribution in [0.5, 0.6) is 0 Å². The van der Waals surface area contributed by atoms with Crippen molar-refractivity contribution in [3.63, 3.8) is 0 Å². The third kappa shape index (κ3) is 2.25. The Morgan fingerprint density at radius 2 is 1.56 bits per heavy atom. The van der Waals surface area contributed by atoms with Gasteiger partial charge in [0.05, 0.1) is 5.71 Å². The van der Waals surface area contributed by atoms with Crippen LogP contribution in [0, 0.1) is 19.3 Å². The van der Waals surface area contributed by atoms with Crippen molar-refractivity contribution in [3.8, 4) is 0 Å². The Hall–Kier alpha value is -2.15. The van der Waals surface area contributed by atoms with Gasteiger partial charge in [0.2, 0.25) is 0 Å². The Bertz CT molecular complexity index is 571. The van der Waals surface area contributed by atoms with Gasteiger partial charge in [0.25, 0.3) is 0 Å². The van der Waals surface area contributed by atoms with Gasteiger partial charge >= 0.3 is 0 Å². The average molecular weight is 235 g/mol. The summed E-state index contributed by atoms with van der Waals surface area (Å²) in [4.78, 5) is 0. The molecule has 2 aromatic rings. The SMILES string of the molecule is C=Cc1ccc(C(=N)c2c(C)cccc2C)cc1. The van der Waals surface area contributed by atoms with Gasteiger partial charge in [-0.25, -0.2) is 0 Å². The first kappa shape index (κ1) is 12.3. The predicted molar refractivity (Wildman–Crippen MR) is 78.4 cm³/mol. The summed E-state index contributed by atoms with van der Waals surface area (Å²) in [6, 6.07) is 14.1. The Morgan fingerprint density at radius 3 is 2.06 bits per heavy atom. The molecule has 0 amide bonds. The minimum Gasteiger partial charge on any atom is -0.300 e. The summed E-state index contributed by atoms with van der Waals surface area (Å²) >= 11 is 0. The van der Waals surface area contributed by atoms with Gasteiger partial charge in [-0.2, -0.15) is 0 Å². The maximum atomic E-state index is 8.35. The van der Waals surface area contributed by atoms with Gasteiger partial charge in [-0.05, 0) is 30.5 Å². The fourth-order valence-corrected chi connectivity index (χ4v) is 2.14. The van der Waals surface area contributed by atoms with Crippen LogP contribution < -0.4 is 0 Å². The molecule has 0 fully saturated rings. The van der Waals surface area contributed by atoms with Gasteiger partial charge in [-0.15, -0.1) is 0 Å². The van der Waals surface area contributed by atoms with Crippen molar-refractivity contribution in [1.29, 1.82) is 5.41 Å². The van der Waals surface area contributed by atoms with E-state index in [0.717, 1.165) is 27.8 Å². The van der Waals surface area contributed by atoms with E-state index >= 15 is 0 Å². The molecule has 1 N–H and O–H groups in total. The van der Waals surface area contributed by atoms with Crippen LogP contribution in [-0.4, -0.2) is 5.71 Å². The van der Waals surface area contributed by atoms with Gasteiger partial charge < -0.3 is 0 Å². The first-order chi connectivity index (χ1) is 8.63. The van der Waals surface area contributed by atoms with E-state index in [-0.39, 0.29) is 0 Å². The lowest BCUT2D eigenvalue weighted by atomic mass is 9.94. The predicted octanol–water partition coefficient (Wildman–Crippen LogP) is 4.36. The van der Waals surface area contributed by atoms with E-state index in [1.165, 1.54) is 0 Å². The molecule has 0 aliphatic heterocycles. The van der Waals surface area contributed by atoms with Gasteiger partial charge in [0.1, 0.15) is 0 Å². The molecule has 2 rings (SSSR count). The van der Waals surface area contributed by atoms with Crippen molar-refractivity contribution >= 4 is 11.8 Å². The highest BCUT2D eigenvalue weighted by molar-refractivity contribution is 6.12. The van der Waals surface area contributed by atoms with Crippen LogP contribution in [0.2, 0.25) is 0 Å². The van der Waals surface area contributed by atoms with E-state index in [4.69, 9.17) is 5.41 Å². The average Bonchev–Trinajstić information content (AvgIpc) is 2.38. The first-order valence-electron chi connectivity index (χ1n) is 6.01. The van der Waals surface area contributed by atoms with Crippen LogP contribution in [0.15, 0.2) is 49.0 Å². The second-order valence-corrected chi connectivity index (χ2v) is 4.47. The number of aryl methyl sites for hydroxylation is 2. The third-order valence-electron chi connectivity index (χ3n) is 3.17. The van der Waals surface area contributed by atoms with Crippen molar-refractivity contribution in [2.75, 3.05) is 0 Å². The lowest BCUT2D eigenvalue weighted by Crippen LogP contribution is -2.06. The molecule has 0 bridgehead atoms. The monoisotopic (exact) mass is 235 g/mol. The van der Waals surface area contributed by atoms with Crippen molar-refractivity contribution in [2.45, 2.75) is 13.8 Å². The summed E-state index contributed by atoms with van der Waals surface area (Å²) in [7, 11) is 0. The van der Waals surface area contributed by atoms with Crippen LogP contribution in [-0.2, 0) is 0 Å². The molecule has 2 aromatic carbocycles. The summed E-state index contributed by atoms with van der Waals surface area (Å²) < 4.78 is 0. The number of hydrogen-bond acceptors (Lipinski definition) is 1. The highest BCUT2D eigenvalue weighted by Crippen LogP contribution is 2.18. The van der Waals surface area contributed by atoms with Crippen molar-refractivity contribution in [1.82, 2.24) is 0 Å². The minimum atomic E-state index is 0.584. The summed E-state index contributed by atoms with van der Waals surface area (Å²) in [5.74, 6) is 0. The number of hydrogen-bond donors (Lipinski definition) is 1. The molecule has 90 valence electrons. The standard InChI is InChI=1S/C17H17N/c1-4-14-8-10-15(11-9-14)17(18)16-12(2)6-5-7-13(16)3/h4-11,18H,1H2,2-3H3. The topological polar surface area (TPSA) is 23.9 Å². The normalized spacial score (nSPS) is 10.1. The molecule has 0 spiro atoms. The molecule has 0 aromatic heterocycles. The van der Waals surface area contributed by atoms with E-state index in [0.29, 0.717) is 5.71 Å². The third-order valence-corrected chi connectivity index (χ3v) is 3.17. The van der Waals surface area contributed by atoms with Crippen LogP contribution >= 0.6 is 0 Å². The van der Waals surface area contributed by atoms with Crippen LogP contribution in [0.4, 0.5) is 0 Å². The summed E-state index contributed by atoms with van der Waals surface area (Å²) in [6.45, 7) is 7.84. The van der Waals surface area contributed by atoms with Gasteiger partial charge in [0.15, 0.2) is 0 Å². The maximum absolute atomic E-state index is 8.35. The molecule has 0 radical (unpaired) electrons. The molecule has 0 aliphatic carbocycles. The molecule has 0 saturated carbocycles. The smallest absolute Gasteiger partial charge is 0.0689 e. The molecular formula is C17H17N. The van der Waals surface area contributed by atoms with Gasteiger partial charge in [-0.1, -0.05) is 55.1 Å². The Balaban J connectivity index is 2.44. The van der Waals surface area contributed by atoms with E-state index in [2.05, 4.69) is 32.6 Å². The van der Waals surface area contributed by atoms with Crippen LogP contribution in [0.1, 0.15) is 27.8 Å². The number of nitrogens with one attached hydrogen (secondary N) is 1. The molecule has 0 saturated heterocycles. The molecule has 0 unspecified atom stereocenters. The quantitative estimate of drug-likeness (QED) is 0.764. The zero-order valence-corrected chi connectivity index (χ0v) is 10.8. The molecule has 0 atom stereocenters. The first-order valence-corrected chi connectivity index (χ1v) is 6.01. The lowest BCUT2D eigenvalue weighted by molar-refractivity contribution is 1.32. The van der Waals surface area contributed by atoms with E-state index in [9.17, 15) is 0 Å². The molecule has 0 aliphatic rings. The maximum Gasteiger partial charge on any atom is 0.0689 e. The highest BCUT2D eigenvalue weighted by atomic mass is 14.4. The Labute approximate surface area is 108 Å². The zero-order chi connectivity index (χ0) is 13.1. The fraction of sp³-hybridized carbons (Fsp3) is 0.118. The Morgan fingerprint density at radius 1 is 1.00 bits per heavy atom. The second kappa shape index (κ2) is 5.01. The molecule has 0 heterocycles. The molecule has 1 nitrogen and oxygen atoms in total. The summed E-state index contributed by atoms with van der Waals surface area (Å²) in [5, 5.41) is 8.35. The van der Waals surface area contributed by atoms with Crippen molar-refractivity contribution in [2.24, 2.45) is 0 Å². The van der Waals surface area contributed by atoms with Gasteiger partial charge in [0, 0.05) is 11.1 Å². The largest absolute Gasteiger partial charge is 0.300 e. The van der Waals surface area contributed by atoms with Gasteiger partial charge in [-0.3, -0.25) is 5.41 Å². The van der Waals surface area contributed by atoms with Crippen molar-refractivity contribution in [3.05, 3.63) is 76.9 Å². The van der Waals surface area contributed by atoms with E-state index in [1.807, 2.05) is 36.4 Å². The zero-order valence-electron chi connectivity index (χ0n) is 10.8. The molecular weight excluding hydrogens is 218 g/mol. The van der Waals surface area contributed by atoms with Crippen molar-refractivity contribution < 1.29 is 0 Å². The Kier molecular flexibility index (Phi) is 3.42. The summed E-state index contributed by atoms with van der Waals surface area (Å²) in [5.41, 5.74) is 5.93. The van der Waals surface area contributed by atoms with Crippen LogP contribution in [0.25, 0.3) is 6.08 Å². The number of benzene rings is 2. The lowest BCUT2D eigenvalue weighted by Gasteiger charge is -2.11. The minimum absolute atomic E-state index is 0.584. The van der Waals surface area contributed by atoms with E-state index < -0.39 is 0 Å². The summed E-state index contributed by atoms with van der Waals surface area (Å²) in [6.07, 6.45) is 1.81.